The maximum atomic E-state index is 11.9. The van der Waals surface area contributed by atoms with Crippen LogP contribution in [0.4, 0.5) is 11.4 Å². The maximum absolute atomic E-state index is 11.9. The third kappa shape index (κ3) is 4.16. The van der Waals surface area contributed by atoms with Gasteiger partial charge in [-0.2, -0.15) is 0 Å². The van der Waals surface area contributed by atoms with Crippen molar-refractivity contribution in [3.63, 3.8) is 0 Å². The molecule has 3 N–H and O–H groups in total. The number of benzene rings is 1. The number of rotatable bonds is 5. The molecule has 0 spiro atoms. The van der Waals surface area contributed by atoms with Crippen molar-refractivity contribution >= 4 is 23.2 Å². The highest BCUT2D eigenvalue weighted by atomic mass is 16.6. The van der Waals surface area contributed by atoms with Crippen LogP contribution < -0.4 is 15.8 Å². The second-order valence-corrected chi connectivity index (χ2v) is 5.13. The van der Waals surface area contributed by atoms with Gasteiger partial charge in [0.25, 0.3) is 11.6 Å². The third-order valence-corrected chi connectivity index (χ3v) is 3.54. The van der Waals surface area contributed by atoms with Gasteiger partial charge in [-0.05, 0) is 25.0 Å². The molecule has 0 atom stereocenters. The van der Waals surface area contributed by atoms with Gasteiger partial charge in [-0.3, -0.25) is 30.6 Å². The quantitative estimate of drug-likeness (QED) is 0.530. The Morgan fingerprint density at radius 3 is 2.57 bits per heavy atom. The predicted molar refractivity (Wildman–Crippen MR) is 81.9 cm³/mol. The molecular weight excluding hydrogens is 304 g/mol. The first-order chi connectivity index (χ1) is 11.0. The highest BCUT2D eigenvalue weighted by Gasteiger charge is 2.23. The molecule has 0 aromatic heterocycles. The van der Waals surface area contributed by atoms with Crippen LogP contribution in [-0.2, 0) is 4.79 Å². The van der Waals surface area contributed by atoms with Gasteiger partial charge in [-0.15, -0.1) is 0 Å². The number of anilines is 1. The first-order valence-corrected chi connectivity index (χ1v) is 7.26. The van der Waals surface area contributed by atoms with Crippen molar-refractivity contribution in [3.05, 3.63) is 33.9 Å². The number of nitrogens with zero attached hydrogens (tertiary/aromatic N) is 2. The third-order valence-electron chi connectivity index (χ3n) is 3.54. The lowest BCUT2D eigenvalue weighted by Gasteiger charge is -2.17. The van der Waals surface area contributed by atoms with E-state index in [0.717, 1.165) is 25.9 Å². The van der Waals surface area contributed by atoms with Crippen LogP contribution in [0.5, 0.6) is 0 Å². The van der Waals surface area contributed by atoms with Crippen molar-refractivity contribution in [2.75, 3.05) is 24.6 Å². The lowest BCUT2D eigenvalue weighted by atomic mass is 10.1. The van der Waals surface area contributed by atoms with Gasteiger partial charge in [0.1, 0.15) is 5.69 Å². The lowest BCUT2D eigenvalue weighted by molar-refractivity contribution is -0.384. The summed E-state index contributed by atoms with van der Waals surface area (Å²) >= 11 is 0. The van der Waals surface area contributed by atoms with Gasteiger partial charge in [0.2, 0.25) is 5.91 Å². The first kappa shape index (κ1) is 16.7. The molecule has 1 aromatic rings. The van der Waals surface area contributed by atoms with E-state index in [-0.39, 0.29) is 24.3 Å². The fraction of sp³-hybridized carbons (Fsp3) is 0.429. The van der Waals surface area contributed by atoms with Crippen molar-refractivity contribution in [2.24, 2.45) is 0 Å². The largest absolute Gasteiger partial charge is 0.396 e. The molecule has 9 heteroatoms. The molecule has 1 fully saturated rings. The number of nitrogens with one attached hydrogen (secondary N) is 2. The number of hydrazine groups is 1. The Morgan fingerprint density at radius 1 is 1.26 bits per heavy atom. The van der Waals surface area contributed by atoms with Crippen LogP contribution in [-0.4, -0.2) is 41.5 Å². The Balaban J connectivity index is 2.13. The van der Waals surface area contributed by atoms with Gasteiger partial charge in [0.15, 0.2) is 0 Å². The molecule has 1 saturated heterocycles. The normalized spacial score (nSPS) is 13.7. The molecule has 0 aliphatic carbocycles. The van der Waals surface area contributed by atoms with Gasteiger partial charge in [0.05, 0.1) is 18.0 Å². The molecular formula is C14H18N4O5. The summed E-state index contributed by atoms with van der Waals surface area (Å²) in [6.07, 6.45) is 1.82. The Morgan fingerprint density at radius 2 is 1.96 bits per heavy atom. The zero-order valence-corrected chi connectivity index (χ0v) is 12.4. The summed E-state index contributed by atoms with van der Waals surface area (Å²) in [6.45, 7) is 1.17. The average molecular weight is 322 g/mol. The van der Waals surface area contributed by atoms with Crippen LogP contribution in [0.25, 0.3) is 0 Å². The van der Waals surface area contributed by atoms with Gasteiger partial charge < -0.3 is 10.0 Å². The monoisotopic (exact) mass is 322 g/mol. The molecule has 1 heterocycles. The Labute approximate surface area is 132 Å². The lowest BCUT2D eigenvalue weighted by Crippen LogP contribution is -2.41. The number of hydrogen-bond acceptors (Lipinski definition) is 6. The number of aliphatic hydroxyl groups excluding tert-OH is 1. The molecule has 9 nitrogen and oxygen atoms in total. The van der Waals surface area contributed by atoms with Crippen molar-refractivity contribution in [3.8, 4) is 0 Å². The Hall–Kier alpha value is -2.68. The molecule has 1 aliphatic heterocycles. The molecule has 0 radical (unpaired) electrons. The zero-order chi connectivity index (χ0) is 16.8. The fourth-order valence-corrected chi connectivity index (χ4v) is 2.40. The second-order valence-electron chi connectivity index (χ2n) is 5.13. The van der Waals surface area contributed by atoms with Crippen molar-refractivity contribution < 1.29 is 19.6 Å². The van der Waals surface area contributed by atoms with E-state index in [0.29, 0.717) is 5.69 Å². The highest BCUT2D eigenvalue weighted by Crippen LogP contribution is 2.31. The summed E-state index contributed by atoms with van der Waals surface area (Å²) in [5, 5.41) is 19.9. The van der Waals surface area contributed by atoms with E-state index >= 15 is 0 Å². The molecule has 124 valence electrons. The minimum Gasteiger partial charge on any atom is -0.396 e. The van der Waals surface area contributed by atoms with Crippen LogP contribution in [0.15, 0.2) is 18.2 Å². The molecule has 1 aliphatic rings. The summed E-state index contributed by atoms with van der Waals surface area (Å²) in [7, 11) is 0. The van der Waals surface area contributed by atoms with Crippen LogP contribution in [0.1, 0.15) is 29.6 Å². The summed E-state index contributed by atoms with van der Waals surface area (Å²) in [5.41, 5.74) is 4.70. The van der Waals surface area contributed by atoms with Crippen molar-refractivity contribution in [1.29, 1.82) is 0 Å². The Bertz CT molecular complexity index is 613. The number of hydrogen-bond donors (Lipinski definition) is 3. The van der Waals surface area contributed by atoms with Gasteiger partial charge >= 0.3 is 0 Å². The second kappa shape index (κ2) is 7.54. The maximum Gasteiger partial charge on any atom is 0.293 e. The van der Waals surface area contributed by atoms with Crippen molar-refractivity contribution in [1.82, 2.24) is 10.9 Å². The predicted octanol–water partition coefficient (Wildman–Crippen LogP) is 0.338. The molecule has 2 amide bonds. The molecule has 1 aromatic carbocycles. The van der Waals surface area contributed by atoms with Gasteiger partial charge in [0, 0.05) is 24.7 Å². The van der Waals surface area contributed by atoms with E-state index in [1.165, 1.54) is 12.1 Å². The number of carbonyl (C=O) groups excluding carboxylic acids is 2. The number of nitro groups is 1. The van der Waals surface area contributed by atoms with E-state index in [2.05, 4.69) is 10.9 Å². The van der Waals surface area contributed by atoms with E-state index in [1.54, 1.807) is 6.07 Å². The topological polar surface area (TPSA) is 125 Å². The molecule has 0 saturated carbocycles. The fourth-order valence-electron chi connectivity index (χ4n) is 2.40. The van der Waals surface area contributed by atoms with E-state index in [4.69, 9.17) is 5.11 Å². The van der Waals surface area contributed by atoms with Gasteiger partial charge in [-0.25, -0.2) is 0 Å². The SMILES string of the molecule is O=C(CCO)NNC(=O)c1ccc(N2CCCC2)c([N+](=O)[O-])c1. The molecule has 2 rings (SSSR count). The van der Waals surface area contributed by atoms with Crippen LogP contribution in [0, 0.1) is 10.1 Å². The summed E-state index contributed by atoms with van der Waals surface area (Å²) in [5.74, 6) is -1.21. The van der Waals surface area contributed by atoms with Crippen LogP contribution >= 0.6 is 0 Å². The molecule has 0 unspecified atom stereocenters. The average Bonchev–Trinajstić information content (AvgIpc) is 3.06. The van der Waals surface area contributed by atoms with E-state index in [9.17, 15) is 19.7 Å². The summed E-state index contributed by atoms with van der Waals surface area (Å²) in [6, 6.07) is 4.23. The van der Waals surface area contributed by atoms with E-state index < -0.39 is 16.7 Å². The number of amides is 2. The zero-order valence-electron chi connectivity index (χ0n) is 12.4. The smallest absolute Gasteiger partial charge is 0.293 e. The molecule has 0 bridgehead atoms. The minimum atomic E-state index is -0.660. The number of nitro benzene ring substituents is 1. The number of aliphatic hydroxyl groups is 1. The van der Waals surface area contributed by atoms with Crippen LogP contribution in [0.3, 0.4) is 0 Å². The van der Waals surface area contributed by atoms with Gasteiger partial charge in [-0.1, -0.05) is 0 Å². The Kier molecular flexibility index (Phi) is 5.47. The van der Waals surface area contributed by atoms with E-state index in [1.807, 2.05) is 4.90 Å². The first-order valence-electron chi connectivity index (χ1n) is 7.26. The molecule has 23 heavy (non-hydrogen) atoms. The van der Waals surface area contributed by atoms with Crippen LogP contribution in [0.2, 0.25) is 0 Å². The number of carbonyl (C=O) groups is 2. The highest BCUT2D eigenvalue weighted by molar-refractivity contribution is 5.96. The summed E-state index contributed by atoms with van der Waals surface area (Å²) in [4.78, 5) is 35.8. The minimum absolute atomic E-state index is 0.0731. The summed E-state index contributed by atoms with van der Waals surface area (Å²) < 4.78 is 0. The van der Waals surface area contributed by atoms with Crippen molar-refractivity contribution in [2.45, 2.75) is 19.3 Å². The standard InChI is InChI=1S/C14H18N4O5/c19-8-5-13(20)15-16-14(21)10-3-4-11(12(9-10)18(22)23)17-6-1-2-7-17/h3-4,9,19H,1-2,5-8H2,(H,15,20)(H,16,21).